The maximum atomic E-state index is 5.65. The van der Waals surface area contributed by atoms with E-state index in [1.165, 1.54) is 0 Å². The van der Waals surface area contributed by atoms with Crippen LogP contribution in [0, 0.1) is 0 Å². The van der Waals surface area contributed by atoms with Gasteiger partial charge in [-0.05, 0) is 13.0 Å². The third-order valence-electron chi connectivity index (χ3n) is 1.83. The van der Waals surface area contributed by atoms with Gasteiger partial charge in [0, 0.05) is 13.8 Å². The van der Waals surface area contributed by atoms with Crippen LogP contribution < -0.4 is 0 Å². The number of hydrogen-bond acceptors (Lipinski definition) is 2. The van der Waals surface area contributed by atoms with Crippen molar-refractivity contribution < 1.29 is 9.47 Å². The number of hydrogen-bond donors (Lipinski definition) is 0. The summed E-state index contributed by atoms with van der Waals surface area (Å²) in [7, 11) is 0. The first-order chi connectivity index (χ1) is 5.87. The number of rotatable bonds is 1. The van der Waals surface area contributed by atoms with Crippen molar-refractivity contribution in [3.8, 4) is 0 Å². The van der Waals surface area contributed by atoms with Crippen LogP contribution in [-0.2, 0) is 9.47 Å². The van der Waals surface area contributed by atoms with Crippen LogP contribution in [0.25, 0.3) is 0 Å². The lowest BCUT2D eigenvalue weighted by atomic mass is 10.1. The standard InChI is InChI=1S/C10H15BrO2/c1-5-6-8-10(4,11)7-12-9(2,3)13-8/h5-6H,1,7H2,2-4H3/b8-6+. The van der Waals surface area contributed by atoms with Gasteiger partial charge in [-0.15, -0.1) is 0 Å². The topological polar surface area (TPSA) is 18.5 Å². The zero-order chi connectivity index (χ0) is 10.1. The van der Waals surface area contributed by atoms with Gasteiger partial charge >= 0.3 is 0 Å². The Kier molecular flexibility index (Phi) is 2.88. The number of ether oxygens (including phenoxy) is 2. The van der Waals surface area contributed by atoms with Crippen LogP contribution in [0.4, 0.5) is 0 Å². The molecule has 0 aromatic carbocycles. The Hall–Kier alpha value is -0.280. The summed E-state index contributed by atoms with van der Waals surface area (Å²) in [5.41, 5.74) is 0. The van der Waals surface area contributed by atoms with Gasteiger partial charge in [-0.25, -0.2) is 0 Å². The van der Waals surface area contributed by atoms with Crippen molar-refractivity contribution in [3.63, 3.8) is 0 Å². The van der Waals surface area contributed by atoms with Gasteiger partial charge in [-0.1, -0.05) is 28.6 Å². The third kappa shape index (κ3) is 2.58. The molecule has 1 aliphatic heterocycles. The van der Waals surface area contributed by atoms with E-state index in [0.29, 0.717) is 6.61 Å². The molecule has 1 heterocycles. The highest BCUT2D eigenvalue weighted by molar-refractivity contribution is 9.10. The molecule has 0 N–H and O–H groups in total. The lowest BCUT2D eigenvalue weighted by Gasteiger charge is -2.40. The summed E-state index contributed by atoms with van der Waals surface area (Å²) < 4.78 is 10.9. The summed E-state index contributed by atoms with van der Waals surface area (Å²) in [6, 6.07) is 0. The van der Waals surface area contributed by atoms with E-state index in [-0.39, 0.29) is 4.32 Å². The molecular weight excluding hydrogens is 232 g/mol. The largest absolute Gasteiger partial charge is 0.466 e. The van der Waals surface area contributed by atoms with Crippen molar-refractivity contribution >= 4 is 15.9 Å². The molecule has 0 aromatic heterocycles. The summed E-state index contributed by atoms with van der Waals surface area (Å²) in [5.74, 6) is 0.320. The monoisotopic (exact) mass is 246 g/mol. The Morgan fingerprint density at radius 3 is 2.62 bits per heavy atom. The number of alkyl halides is 1. The van der Waals surface area contributed by atoms with Crippen LogP contribution in [0.2, 0.25) is 0 Å². The molecule has 1 fully saturated rings. The minimum Gasteiger partial charge on any atom is -0.466 e. The quantitative estimate of drug-likeness (QED) is 0.663. The number of halogens is 1. The van der Waals surface area contributed by atoms with E-state index < -0.39 is 5.79 Å². The van der Waals surface area contributed by atoms with Crippen LogP contribution in [0.1, 0.15) is 20.8 Å². The fourth-order valence-electron chi connectivity index (χ4n) is 1.10. The van der Waals surface area contributed by atoms with Crippen molar-refractivity contribution in [2.45, 2.75) is 30.9 Å². The molecule has 1 rings (SSSR count). The minimum atomic E-state index is -0.540. The van der Waals surface area contributed by atoms with E-state index in [9.17, 15) is 0 Å². The van der Waals surface area contributed by atoms with E-state index in [2.05, 4.69) is 22.5 Å². The zero-order valence-electron chi connectivity index (χ0n) is 8.26. The molecule has 74 valence electrons. The van der Waals surface area contributed by atoms with Crippen LogP contribution >= 0.6 is 15.9 Å². The molecule has 0 bridgehead atoms. The molecule has 0 amide bonds. The molecule has 1 saturated heterocycles. The van der Waals surface area contributed by atoms with E-state index >= 15 is 0 Å². The average molecular weight is 247 g/mol. The highest BCUT2D eigenvalue weighted by atomic mass is 79.9. The van der Waals surface area contributed by atoms with Gasteiger partial charge in [0.1, 0.15) is 10.1 Å². The first-order valence-electron chi connectivity index (χ1n) is 4.22. The van der Waals surface area contributed by atoms with Gasteiger partial charge in [0.05, 0.1) is 6.61 Å². The van der Waals surface area contributed by atoms with Gasteiger partial charge in [-0.3, -0.25) is 0 Å². The van der Waals surface area contributed by atoms with Gasteiger partial charge in [0.25, 0.3) is 0 Å². The first kappa shape index (κ1) is 10.8. The Morgan fingerprint density at radius 1 is 1.46 bits per heavy atom. The Morgan fingerprint density at radius 2 is 2.08 bits per heavy atom. The highest BCUT2D eigenvalue weighted by Gasteiger charge is 2.39. The van der Waals surface area contributed by atoms with Gasteiger partial charge in [0.15, 0.2) is 0 Å². The molecule has 0 radical (unpaired) electrons. The second-order valence-corrected chi connectivity index (χ2v) is 5.50. The first-order valence-corrected chi connectivity index (χ1v) is 5.02. The zero-order valence-corrected chi connectivity index (χ0v) is 9.85. The molecule has 1 unspecified atom stereocenters. The van der Waals surface area contributed by atoms with E-state index in [1.54, 1.807) is 6.08 Å². The minimum absolute atomic E-state index is 0.239. The SMILES string of the molecule is C=C/C=C1/OC(C)(C)OCC1(C)Br. The van der Waals surface area contributed by atoms with Crippen molar-refractivity contribution in [1.82, 2.24) is 0 Å². The predicted molar refractivity (Wildman–Crippen MR) is 56.7 cm³/mol. The average Bonchev–Trinajstić information content (AvgIpc) is 1.99. The van der Waals surface area contributed by atoms with Crippen LogP contribution in [0.5, 0.6) is 0 Å². The van der Waals surface area contributed by atoms with Crippen molar-refractivity contribution in [2.24, 2.45) is 0 Å². The molecule has 3 heteroatoms. The Balaban J connectivity index is 2.88. The summed E-state index contributed by atoms with van der Waals surface area (Å²) >= 11 is 3.55. The number of allylic oxidation sites excluding steroid dienone is 2. The summed E-state index contributed by atoms with van der Waals surface area (Å²) in [5, 5.41) is 0. The smallest absolute Gasteiger partial charge is 0.204 e. The molecule has 2 nitrogen and oxygen atoms in total. The highest BCUT2D eigenvalue weighted by Crippen LogP contribution is 2.37. The second kappa shape index (κ2) is 3.46. The molecule has 0 aromatic rings. The van der Waals surface area contributed by atoms with Crippen LogP contribution in [0.3, 0.4) is 0 Å². The normalized spacial score (nSPS) is 35.5. The van der Waals surface area contributed by atoms with Crippen molar-refractivity contribution in [3.05, 3.63) is 24.5 Å². The third-order valence-corrected chi connectivity index (χ3v) is 2.45. The maximum Gasteiger partial charge on any atom is 0.204 e. The lowest BCUT2D eigenvalue weighted by Crippen LogP contribution is -2.44. The van der Waals surface area contributed by atoms with Crippen LogP contribution in [0.15, 0.2) is 24.5 Å². The predicted octanol–water partition coefficient (Wildman–Crippen LogP) is 2.99. The van der Waals surface area contributed by atoms with E-state index in [4.69, 9.17) is 9.47 Å². The van der Waals surface area contributed by atoms with Crippen molar-refractivity contribution in [1.29, 1.82) is 0 Å². The Labute approximate surface area is 87.7 Å². The summed E-state index contributed by atoms with van der Waals surface area (Å²) in [4.78, 5) is 0. The molecule has 1 atom stereocenters. The fourth-order valence-corrected chi connectivity index (χ4v) is 1.42. The second-order valence-electron chi connectivity index (χ2n) is 3.75. The van der Waals surface area contributed by atoms with Gasteiger partial charge in [-0.2, -0.15) is 0 Å². The molecule has 13 heavy (non-hydrogen) atoms. The fraction of sp³-hybridized carbons (Fsp3) is 0.600. The van der Waals surface area contributed by atoms with Gasteiger partial charge in [0.2, 0.25) is 5.79 Å². The molecular formula is C10H15BrO2. The van der Waals surface area contributed by atoms with E-state index in [0.717, 1.165) is 5.76 Å². The summed E-state index contributed by atoms with van der Waals surface area (Å²) in [6.07, 6.45) is 3.58. The van der Waals surface area contributed by atoms with Gasteiger partial charge < -0.3 is 9.47 Å². The maximum absolute atomic E-state index is 5.65. The molecule has 1 aliphatic rings. The molecule has 0 saturated carbocycles. The molecule has 0 spiro atoms. The Bertz CT molecular complexity index is 241. The molecule has 0 aliphatic carbocycles. The summed E-state index contributed by atoms with van der Waals surface area (Å²) in [6.45, 7) is 10.0. The van der Waals surface area contributed by atoms with E-state index in [1.807, 2.05) is 26.8 Å². The van der Waals surface area contributed by atoms with Crippen molar-refractivity contribution in [2.75, 3.05) is 6.61 Å². The van der Waals surface area contributed by atoms with Crippen LogP contribution in [-0.4, -0.2) is 16.7 Å². The lowest BCUT2D eigenvalue weighted by molar-refractivity contribution is -0.223.